The Balaban J connectivity index is 2.70. The molecule has 3 nitrogen and oxygen atoms in total. The Morgan fingerprint density at radius 1 is 1.75 bits per heavy atom. The van der Waals surface area contributed by atoms with Gasteiger partial charge in [-0.15, -0.1) is 0 Å². The monoisotopic (exact) mass is 166 g/mol. The highest BCUT2D eigenvalue weighted by Crippen LogP contribution is 2.08. The van der Waals surface area contributed by atoms with Crippen LogP contribution in [0.15, 0.2) is 28.9 Å². The number of carboxylic acid groups (broad SMARTS) is 1. The van der Waals surface area contributed by atoms with Crippen LogP contribution < -0.4 is 0 Å². The fraction of sp³-hybridized carbons (Fsp3) is 0.222. The van der Waals surface area contributed by atoms with Gasteiger partial charge in [0.25, 0.3) is 0 Å². The molecule has 1 aromatic rings. The van der Waals surface area contributed by atoms with Gasteiger partial charge >= 0.3 is 5.97 Å². The van der Waals surface area contributed by atoms with Gasteiger partial charge in [0.2, 0.25) is 5.76 Å². The molecule has 0 aromatic carbocycles. The molecule has 0 spiro atoms. The van der Waals surface area contributed by atoms with E-state index in [0.29, 0.717) is 6.42 Å². The summed E-state index contributed by atoms with van der Waals surface area (Å²) in [5.41, 5.74) is 0.880. The molecule has 3 heteroatoms. The van der Waals surface area contributed by atoms with Crippen molar-refractivity contribution in [3.63, 3.8) is 0 Å². The number of carbonyl (C=O) groups is 1. The minimum atomic E-state index is -1.03. The summed E-state index contributed by atoms with van der Waals surface area (Å²) < 4.78 is 4.79. The van der Waals surface area contributed by atoms with E-state index in [2.05, 4.69) is 0 Å². The Bertz CT molecular complexity index is 296. The maximum absolute atomic E-state index is 10.4. The molecule has 0 aliphatic rings. The van der Waals surface area contributed by atoms with Crippen LogP contribution in [0.5, 0.6) is 0 Å². The van der Waals surface area contributed by atoms with Crippen LogP contribution >= 0.6 is 0 Å². The second-order valence-corrected chi connectivity index (χ2v) is 2.40. The van der Waals surface area contributed by atoms with Crippen LogP contribution in [0.25, 0.3) is 0 Å². The highest BCUT2D eigenvalue weighted by Gasteiger charge is 2.07. The molecule has 0 fully saturated rings. The van der Waals surface area contributed by atoms with Crippen LogP contribution in [0.4, 0.5) is 0 Å². The normalized spacial score (nSPS) is 10.8. The third-order valence-corrected chi connectivity index (χ3v) is 1.45. The van der Waals surface area contributed by atoms with Gasteiger partial charge in [-0.3, -0.25) is 0 Å². The maximum atomic E-state index is 10.4. The first kappa shape index (κ1) is 8.59. The molecule has 0 radical (unpaired) electrons. The van der Waals surface area contributed by atoms with E-state index >= 15 is 0 Å². The standard InChI is InChI=1S/C9H10O3/c1-2-3-4-7-5-8(9(10)11)12-6-7/h2-3,5-6H,4H2,1H3,(H,10,11)/b3-2+. The second kappa shape index (κ2) is 3.76. The fourth-order valence-electron chi connectivity index (χ4n) is 0.849. The van der Waals surface area contributed by atoms with Crippen LogP contribution in [-0.2, 0) is 6.42 Å². The van der Waals surface area contributed by atoms with E-state index < -0.39 is 5.97 Å². The number of carboxylic acids is 1. The van der Waals surface area contributed by atoms with E-state index in [-0.39, 0.29) is 5.76 Å². The first-order valence-corrected chi connectivity index (χ1v) is 3.66. The molecular formula is C9H10O3. The van der Waals surface area contributed by atoms with Crippen molar-refractivity contribution in [1.82, 2.24) is 0 Å². The highest BCUT2D eigenvalue weighted by atomic mass is 16.4. The smallest absolute Gasteiger partial charge is 0.371 e. The Morgan fingerprint density at radius 2 is 2.50 bits per heavy atom. The number of hydrogen-bond donors (Lipinski definition) is 1. The van der Waals surface area contributed by atoms with Gasteiger partial charge in [-0.2, -0.15) is 0 Å². The molecule has 1 rings (SSSR count). The molecule has 0 saturated heterocycles. The number of allylic oxidation sites excluding steroid dienone is 2. The topological polar surface area (TPSA) is 50.4 Å². The van der Waals surface area contributed by atoms with Crippen molar-refractivity contribution in [2.75, 3.05) is 0 Å². The molecule has 0 unspecified atom stereocenters. The van der Waals surface area contributed by atoms with Crippen LogP contribution in [-0.4, -0.2) is 11.1 Å². The van der Waals surface area contributed by atoms with E-state index in [1.807, 2.05) is 19.1 Å². The largest absolute Gasteiger partial charge is 0.475 e. The minimum absolute atomic E-state index is 0.00509. The van der Waals surface area contributed by atoms with Crippen molar-refractivity contribution in [1.29, 1.82) is 0 Å². The predicted octanol–water partition coefficient (Wildman–Crippen LogP) is 2.10. The van der Waals surface area contributed by atoms with Crippen molar-refractivity contribution in [2.45, 2.75) is 13.3 Å². The number of furan rings is 1. The van der Waals surface area contributed by atoms with Crippen molar-refractivity contribution in [3.05, 3.63) is 35.8 Å². The summed E-state index contributed by atoms with van der Waals surface area (Å²) in [6, 6.07) is 1.53. The van der Waals surface area contributed by atoms with Gasteiger partial charge in [0.1, 0.15) is 0 Å². The van der Waals surface area contributed by atoms with Crippen molar-refractivity contribution in [3.8, 4) is 0 Å². The van der Waals surface area contributed by atoms with Crippen molar-refractivity contribution >= 4 is 5.97 Å². The second-order valence-electron chi connectivity index (χ2n) is 2.40. The van der Waals surface area contributed by atoms with E-state index in [1.165, 1.54) is 12.3 Å². The summed E-state index contributed by atoms with van der Waals surface area (Å²) in [7, 11) is 0. The molecule has 0 bridgehead atoms. The van der Waals surface area contributed by atoms with Crippen LogP contribution in [0.3, 0.4) is 0 Å². The van der Waals surface area contributed by atoms with Gasteiger partial charge in [-0.25, -0.2) is 4.79 Å². The van der Waals surface area contributed by atoms with Gasteiger partial charge in [0, 0.05) is 0 Å². The Morgan fingerprint density at radius 3 is 3.00 bits per heavy atom. The lowest BCUT2D eigenvalue weighted by molar-refractivity contribution is 0.0662. The Labute approximate surface area is 70.3 Å². The molecule has 0 saturated carbocycles. The maximum Gasteiger partial charge on any atom is 0.371 e. The van der Waals surface area contributed by atoms with Gasteiger partial charge < -0.3 is 9.52 Å². The van der Waals surface area contributed by atoms with Crippen LogP contribution in [0.2, 0.25) is 0 Å². The summed E-state index contributed by atoms with van der Waals surface area (Å²) in [6.07, 6.45) is 6.03. The summed E-state index contributed by atoms with van der Waals surface area (Å²) in [5.74, 6) is -1.03. The summed E-state index contributed by atoms with van der Waals surface area (Å²) in [4.78, 5) is 10.4. The van der Waals surface area contributed by atoms with Gasteiger partial charge in [-0.1, -0.05) is 12.2 Å². The van der Waals surface area contributed by atoms with Crippen molar-refractivity contribution < 1.29 is 14.3 Å². The molecule has 1 N–H and O–H groups in total. The summed E-state index contributed by atoms with van der Waals surface area (Å²) >= 11 is 0. The molecule has 1 heterocycles. The average molecular weight is 166 g/mol. The Hall–Kier alpha value is -1.51. The lowest BCUT2D eigenvalue weighted by Gasteiger charge is -1.83. The highest BCUT2D eigenvalue weighted by molar-refractivity contribution is 5.84. The summed E-state index contributed by atoms with van der Waals surface area (Å²) in [6.45, 7) is 1.91. The number of hydrogen-bond acceptors (Lipinski definition) is 2. The first-order chi connectivity index (χ1) is 5.74. The molecule has 0 aliphatic heterocycles. The fourth-order valence-corrected chi connectivity index (χ4v) is 0.849. The van der Waals surface area contributed by atoms with Crippen molar-refractivity contribution in [2.24, 2.45) is 0 Å². The van der Waals surface area contributed by atoms with E-state index in [0.717, 1.165) is 5.56 Å². The summed E-state index contributed by atoms with van der Waals surface area (Å²) in [5, 5.41) is 8.51. The molecule has 0 aliphatic carbocycles. The SMILES string of the molecule is C/C=C/Cc1coc(C(=O)O)c1. The van der Waals surface area contributed by atoms with Gasteiger partial charge in [0.05, 0.1) is 6.26 Å². The zero-order valence-corrected chi connectivity index (χ0v) is 6.78. The molecule has 0 atom stereocenters. The van der Waals surface area contributed by atoms with Crippen LogP contribution in [0.1, 0.15) is 23.0 Å². The quantitative estimate of drug-likeness (QED) is 0.699. The Kier molecular flexibility index (Phi) is 2.69. The molecule has 12 heavy (non-hydrogen) atoms. The molecule has 64 valence electrons. The minimum Gasteiger partial charge on any atom is -0.475 e. The zero-order chi connectivity index (χ0) is 8.97. The zero-order valence-electron chi connectivity index (χ0n) is 6.78. The predicted molar refractivity (Wildman–Crippen MR) is 44.2 cm³/mol. The lowest BCUT2D eigenvalue weighted by atomic mass is 10.2. The third-order valence-electron chi connectivity index (χ3n) is 1.45. The molecule has 0 amide bonds. The third kappa shape index (κ3) is 1.99. The molecule has 1 aromatic heterocycles. The number of aromatic carboxylic acids is 1. The van der Waals surface area contributed by atoms with Gasteiger partial charge in [-0.05, 0) is 25.0 Å². The van der Waals surface area contributed by atoms with E-state index in [4.69, 9.17) is 9.52 Å². The first-order valence-electron chi connectivity index (χ1n) is 3.66. The van der Waals surface area contributed by atoms with Gasteiger partial charge in [0.15, 0.2) is 0 Å². The van der Waals surface area contributed by atoms with E-state index in [1.54, 1.807) is 0 Å². The molecular weight excluding hydrogens is 156 g/mol. The average Bonchev–Trinajstić information content (AvgIpc) is 2.48. The van der Waals surface area contributed by atoms with E-state index in [9.17, 15) is 4.79 Å². The lowest BCUT2D eigenvalue weighted by Crippen LogP contribution is -1.91. The number of rotatable bonds is 3. The van der Waals surface area contributed by atoms with Crippen LogP contribution in [0, 0.1) is 0 Å².